The minimum absolute atomic E-state index is 0.106. The molecule has 0 rings (SSSR count). The molecule has 19 heteroatoms. The summed E-state index contributed by atoms with van der Waals surface area (Å²) in [7, 11) is -9.92. The second-order valence-electron chi connectivity index (χ2n) is 30.5. The molecule has 0 aromatic heterocycles. The minimum Gasteiger partial charge on any atom is -0.462 e. The summed E-state index contributed by atoms with van der Waals surface area (Å²) < 4.78 is 68.7. The number of esters is 4. The van der Waals surface area contributed by atoms with Crippen molar-refractivity contribution >= 4 is 39.5 Å². The lowest BCUT2D eigenvalue weighted by Crippen LogP contribution is -2.30. The van der Waals surface area contributed by atoms with Crippen molar-refractivity contribution in [3.8, 4) is 0 Å². The highest BCUT2D eigenvalue weighted by molar-refractivity contribution is 7.47. The van der Waals surface area contributed by atoms with Crippen LogP contribution in [-0.4, -0.2) is 96.7 Å². The molecule has 0 aliphatic rings. The number of rotatable bonds is 77. The fourth-order valence-electron chi connectivity index (χ4n) is 12.2. The Balaban J connectivity index is 5.26. The van der Waals surface area contributed by atoms with Crippen molar-refractivity contribution in [3.05, 3.63) is 0 Å². The zero-order chi connectivity index (χ0) is 73.1. The van der Waals surface area contributed by atoms with Gasteiger partial charge in [-0.2, -0.15) is 0 Å². The monoisotopic (exact) mass is 1450 g/mol. The maximum atomic E-state index is 13.1. The number of carbonyl (C=O) groups is 4. The summed E-state index contributed by atoms with van der Waals surface area (Å²) >= 11 is 0. The molecule has 0 aliphatic carbocycles. The van der Waals surface area contributed by atoms with E-state index in [0.717, 1.165) is 114 Å². The number of unbranched alkanes of at least 4 members (excludes halogenated alkanes) is 42. The molecule has 17 nitrogen and oxygen atoms in total. The van der Waals surface area contributed by atoms with Crippen LogP contribution in [0.5, 0.6) is 0 Å². The second-order valence-corrected chi connectivity index (χ2v) is 33.4. The van der Waals surface area contributed by atoms with Crippen LogP contribution in [0.2, 0.25) is 0 Å². The lowest BCUT2D eigenvalue weighted by molar-refractivity contribution is -0.161. The van der Waals surface area contributed by atoms with Gasteiger partial charge in [-0.1, -0.05) is 357 Å². The van der Waals surface area contributed by atoms with Gasteiger partial charge in [0.2, 0.25) is 0 Å². The molecule has 0 saturated carbocycles. The van der Waals surface area contributed by atoms with Gasteiger partial charge in [-0.3, -0.25) is 37.3 Å². The highest BCUT2D eigenvalue weighted by Gasteiger charge is 2.30. The zero-order valence-electron chi connectivity index (χ0n) is 65.1. The lowest BCUT2D eigenvalue weighted by atomic mass is 9.99. The molecule has 0 bridgehead atoms. The Labute approximate surface area is 607 Å². The topological polar surface area (TPSA) is 237 Å². The van der Waals surface area contributed by atoms with Gasteiger partial charge in [-0.05, 0) is 49.4 Å². The van der Waals surface area contributed by atoms with E-state index < -0.39 is 97.5 Å². The molecule has 3 N–H and O–H groups in total. The summed E-state index contributed by atoms with van der Waals surface area (Å²) in [6.07, 6.45) is 55.4. The SMILES string of the molecule is CCC(C)CCCCCCCCCCCCCCCCC(=O)O[C@H](COC(=O)CCCCCCCCCCCCCCCC(C)C)COP(=O)(O)OCC(O)COP(=O)(O)OC[C@@H](COC(=O)CCCCCCCCCC(C)C)OC(=O)CCCCCCCCCCCCCCC(C)C. The molecule has 0 aliphatic heterocycles. The van der Waals surface area contributed by atoms with Gasteiger partial charge in [0.05, 0.1) is 26.4 Å². The molecule has 0 heterocycles. The van der Waals surface area contributed by atoms with Gasteiger partial charge in [0, 0.05) is 25.7 Å². The Kier molecular flexibility index (Phi) is 67.8. The van der Waals surface area contributed by atoms with Crippen molar-refractivity contribution in [1.82, 2.24) is 0 Å². The normalized spacial score (nSPS) is 14.3. The molecule has 99 heavy (non-hydrogen) atoms. The predicted molar refractivity (Wildman–Crippen MR) is 404 cm³/mol. The third kappa shape index (κ3) is 72.8. The second kappa shape index (κ2) is 69.1. The van der Waals surface area contributed by atoms with Gasteiger partial charge in [-0.15, -0.1) is 0 Å². The van der Waals surface area contributed by atoms with Crippen LogP contribution in [0.25, 0.3) is 0 Å². The zero-order valence-corrected chi connectivity index (χ0v) is 66.9. The molecular formula is C80H156O17P2. The van der Waals surface area contributed by atoms with Crippen LogP contribution < -0.4 is 0 Å². The van der Waals surface area contributed by atoms with Crippen LogP contribution in [0.4, 0.5) is 0 Å². The fraction of sp³-hybridized carbons (Fsp3) is 0.950. The van der Waals surface area contributed by atoms with E-state index in [0.29, 0.717) is 31.6 Å². The molecule has 0 aromatic carbocycles. The number of ether oxygens (including phenoxy) is 4. The number of aliphatic hydroxyl groups is 1. The number of hydrogen-bond donors (Lipinski definition) is 3. The smallest absolute Gasteiger partial charge is 0.462 e. The first-order chi connectivity index (χ1) is 47.6. The van der Waals surface area contributed by atoms with Crippen LogP contribution in [0.15, 0.2) is 0 Å². The average molecular weight is 1450 g/mol. The summed E-state index contributed by atoms with van der Waals surface area (Å²) in [4.78, 5) is 73.0. The average Bonchev–Trinajstić information content (AvgIpc) is 1.03. The number of hydrogen-bond acceptors (Lipinski definition) is 15. The fourth-order valence-corrected chi connectivity index (χ4v) is 13.8. The number of aliphatic hydroxyl groups excluding tert-OH is 1. The largest absolute Gasteiger partial charge is 0.472 e. The van der Waals surface area contributed by atoms with Gasteiger partial charge >= 0.3 is 39.5 Å². The van der Waals surface area contributed by atoms with Gasteiger partial charge in [-0.25, -0.2) is 9.13 Å². The summed E-state index contributed by atoms with van der Waals surface area (Å²) in [6, 6.07) is 0. The molecule has 0 radical (unpaired) electrons. The molecule has 0 amide bonds. The Morgan fingerprint density at radius 1 is 0.283 bits per heavy atom. The highest BCUT2D eigenvalue weighted by Crippen LogP contribution is 2.45. The maximum Gasteiger partial charge on any atom is 0.472 e. The van der Waals surface area contributed by atoms with Gasteiger partial charge in [0.15, 0.2) is 12.2 Å². The molecule has 588 valence electrons. The predicted octanol–water partition coefficient (Wildman–Crippen LogP) is 23.6. The van der Waals surface area contributed by atoms with E-state index >= 15 is 0 Å². The van der Waals surface area contributed by atoms with Crippen LogP contribution in [-0.2, 0) is 65.4 Å². The van der Waals surface area contributed by atoms with Crippen molar-refractivity contribution in [2.24, 2.45) is 23.7 Å². The van der Waals surface area contributed by atoms with E-state index in [9.17, 15) is 43.2 Å². The van der Waals surface area contributed by atoms with Crippen LogP contribution >= 0.6 is 15.6 Å². The van der Waals surface area contributed by atoms with E-state index in [1.165, 1.54) is 205 Å². The van der Waals surface area contributed by atoms with Crippen LogP contribution in [0, 0.1) is 23.7 Å². The summed E-state index contributed by atoms with van der Waals surface area (Å²) in [6.45, 7) is 14.3. The van der Waals surface area contributed by atoms with Crippen molar-refractivity contribution in [2.75, 3.05) is 39.6 Å². The first kappa shape index (κ1) is 97.1. The number of phosphoric ester groups is 2. The Morgan fingerprint density at radius 2 is 0.485 bits per heavy atom. The van der Waals surface area contributed by atoms with Crippen molar-refractivity contribution < 1.29 is 80.2 Å². The molecule has 6 atom stereocenters. The molecule has 0 fully saturated rings. The molecule has 4 unspecified atom stereocenters. The van der Waals surface area contributed by atoms with E-state index in [1.54, 1.807) is 0 Å². The summed E-state index contributed by atoms with van der Waals surface area (Å²) in [5.41, 5.74) is 0. The molecule has 0 saturated heterocycles. The minimum atomic E-state index is -4.96. The van der Waals surface area contributed by atoms with E-state index in [2.05, 4.69) is 55.4 Å². The molecular weight excluding hydrogens is 1290 g/mol. The first-order valence-corrected chi connectivity index (χ1v) is 44.2. The summed E-state index contributed by atoms with van der Waals surface area (Å²) in [5.74, 6) is 1.00. The maximum absolute atomic E-state index is 13.1. The summed E-state index contributed by atoms with van der Waals surface area (Å²) in [5, 5.41) is 10.6. The van der Waals surface area contributed by atoms with Gasteiger partial charge < -0.3 is 33.8 Å². The standard InChI is InChI=1S/C80H156O17P2/c1-9-73(8)59-51-43-35-27-21-14-10-11-15-23-29-37-46-54-62-79(84)96-75(66-90-77(82)60-52-44-36-28-22-16-12-13-19-25-32-40-48-56-70(2)3)68-94-98(86,87)92-64-74(81)65-93-99(88,89)95-69-76(67-91-78(83)61-53-45-39-31-34-42-50-58-72(6)7)97-80(85)63-55-47-38-30-24-18-17-20-26-33-41-49-57-71(4)5/h70-76,81H,9-69H2,1-8H3,(H,86,87)(H,88,89)/t73?,74?,75-,76-/m1/s1. The molecule has 0 spiro atoms. The van der Waals surface area contributed by atoms with Crippen LogP contribution in [0.1, 0.15) is 409 Å². The number of carbonyl (C=O) groups excluding carboxylic acids is 4. The van der Waals surface area contributed by atoms with E-state index in [1.807, 2.05) is 0 Å². The Morgan fingerprint density at radius 3 is 0.717 bits per heavy atom. The highest BCUT2D eigenvalue weighted by atomic mass is 31.2. The van der Waals surface area contributed by atoms with Crippen molar-refractivity contribution in [3.63, 3.8) is 0 Å². The third-order valence-corrected chi connectivity index (χ3v) is 20.8. The first-order valence-electron chi connectivity index (χ1n) is 41.2. The van der Waals surface area contributed by atoms with Crippen molar-refractivity contribution in [2.45, 2.75) is 427 Å². The third-order valence-electron chi connectivity index (χ3n) is 18.9. The van der Waals surface area contributed by atoms with Crippen molar-refractivity contribution in [1.29, 1.82) is 0 Å². The van der Waals surface area contributed by atoms with E-state index in [-0.39, 0.29) is 25.7 Å². The quantitative estimate of drug-likeness (QED) is 0.0222. The lowest BCUT2D eigenvalue weighted by Gasteiger charge is -2.21. The van der Waals surface area contributed by atoms with Crippen LogP contribution in [0.3, 0.4) is 0 Å². The van der Waals surface area contributed by atoms with E-state index in [4.69, 9.17) is 37.0 Å². The Hall–Kier alpha value is -1.94. The number of phosphoric acid groups is 2. The molecule has 0 aromatic rings. The van der Waals surface area contributed by atoms with Gasteiger partial charge in [0.1, 0.15) is 19.3 Å². The van der Waals surface area contributed by atoms with Gasteiger partial charge in [0.25, 0.3) is 0 Å². The Bertz CT molecular complexity index is 1940.